The second-order valence-corrected chi connectivity index (χ2v) is 9.72. The molecule has 1 amide bonds. The summed E-state index contributed by atoms with van der Waals surface area (Å²) in [6, 6.07) is 7.63. The summed E-state index contributed by atoms with van der Waals surface area (Å²) >= 11 is 4.02. The molecule has 4 aliphatic carbocycles. The molecular formula is C19H24BrNO2. The number of ether oxygens (including phenoxy) is 1. The van der Waals surface area contributed by atoms with Gasteiger partial charge in [0.2, 0.25) is 5.91 Å². The van der Waals surface area contributed by atoms with Crippen LogP contribution in [0.15, 0.2) is 24.3 Å². The van der Waals surface area contributed by atoms with E-state index in [1.807, 2.05) is 24.3 Å². The van der Waals surface area contributed by atoms with E-state index in [2.05, 4.69) is 21.2 Å². The predicted molar refractivity (Wildman–Crippen MR) is 95.0 cm³/mol. The Morgan fingerprint density at radius 3 is 2.61 bits per heavy atom. The Kier molecular flexibility index (Phi) is 3.71. The first kappa shape index (κ1) is 15.5. The summed E-state index contributed by atoms with van der Waals surface area (Å²) in [4.78, 5) is 12.7. The Balaban J connectivity index is 1.49. The van der Waals surface area contributed by atoms with Gasteiger partial charge in [0.05, 0.1) is 12.8 Å². The zero-order valence-corrected chi connectivity index (χ0v) is 15.2. The molecule has 0 aromatic heterocycles. The molecule has 1 aromatic rings. The number of nitrogens with one attached hydrogen (secondary N) is 1. The van der Waals surface area contributed by atoms with Crippen LogP contribution in [0.3, 0.4) is 0 Å². The highest BCUT2D eigenvalue weighted by Gasteiger charge is 2.57. The SMILES string of the molecule is COc1ccccc1NC(=O)CC12C[C@H]3C[C@@H](CC(Br)(C3)C1)C2. The third-order valence-electron chi connectivity index (χ3n) is 6.03. The van der Waals surface area contributed by atoms with Crippen molar-refractivity contribution in [3.63, 3.8) is 0 Å². The van der Waals surface area contributed by atoms with Gasteiger partial charge < -0.3 is 10.1 Å². The van der Waals surface area contributed by atoms with Crippen molar-refractivity contribution in [1.82, 2.24) is 0 Å². The number of rotatable bonds is 4. The molecule has 0 aliphatic heterocycles. The summed E-state index contributed by atoms with van der Waals surface area (Å²) in [5.74, 6) is 2.49. The molecule has 0 radical (unpaired) electrons. The van der Waals surface area contributed by atoms with Gasteiger partial charge in [-0.25, -0.2) is 0 Å². The van der Waals surface area contributed by atoms with E-state index in [1.165, 1.54) is 32.1 Å². The van der Waals surface area contributed by atoms with E-state index in [0.29, 0.717) is 10.7 Å². The maximum atomic E-state index is 12.7. The lowest BCUT2D eigenvalue weighted by atomic mass is 9.48. The molecule has 0 heterocycles. The lowest BCUT2D eigenvalue weighted by molar-refractivity contribution is -0.123. The third kappa shape index (κ3) is 2.90. The van der Waals surface area contributed by atoms with E-state index in [1.54, 1.807) is 7.11 Å². The molecule has 0 spiro atoms. The summed E-state index contributed by atoms with van der Waals surface area (Å²) < 4.78 is 5.64. The van der Waals surface area contributed by atoms with Gasteiger partial charge in [0.15, 0.2) is 0 Å². The molecule has 1 aromatic carbocycles. The van der Waals surface area contributed by atoms with Gasteiger partial charge in [0.25, 0.3) is 0 Å². The van der Waals surface area contributed by atoms with Crippen LogP contribution in [-0.4, -0.2) is 17.3 Å². The highest BCUT2D eigenvalue weighted by molar-refractivity contribution is 9.10. The summed E-state index contributed by atoms with van der Waals surface area (Å²) in [6.07, 6.45) is 8.26. The number of hydrogen-bond donors (Lipinski definition) is 1. The second kappa shape index (κ2) is 5.51. The Hall–Kier alpha value is -1.03. The van der Waals surface area contributed by atoms with Crippen molar-refractivity contribution in [2.75, 3.05) is 12.4 Å². The van der Waals surface area contributed by atoms with Gasteiger partial charge in [-0.15, -0.1) is 0 Å². The standard InChI is InChI=1S/C19H24BrNO2/c1-23-16-5-3-2-4-15(16)21-17(22)11-18-7-13-6-14(8-18)10-19(20,9-13)12-18/h2-5,13-14H,6-12H2,1H3,(H,21,22)/t13-,14-,18?,19?/m1/s1. The first-order chi connectivity index (χ1) is 11.0. The van der Waals surface area contributed by atoms with E-state index >= 15 is 0 Å². The summed E-state index contributed by atoms with van der Waals surface area (Å²) in [5.41, 5.74) is 0.984. The van der Waals surface area contributed by atoms with Crippen LogP contribution in [0, 0.1) is 17.3 Å². The Labute approximate surface area is 146 Å². The van der Waals surface area contributed by atoms with E-state index < -0.39 is 0 Å². The largest absolute Gasteiger partial charge is 0.495 e. The number of amides is 1. The van der Waals surface area contributed by atoms with E-state index in [9.17, 15) is 4.79 Å². The predicted octanol–water partition coefficient (Wildman–Crippen LogP) is 4.76. The van der Waals surface area contributed by atoms with Gasteiger partial charge >= 0.3 is 0 Å². The number of carbonyl (C=O) groups is 1. The second-order valence-electron chi connectivity index (χ2n) is 8.04. The van der Waals surface area contributed by atoms with E-state index in [0.717, 1.165) is 29.7 Å². The van der Waals surface area contributed by atoms with E-state index in [4.69, 9.17) is 4.74 Å². The maximum absolute atomic E-state index is 12.7. The molecule has 23 heavy (non-hydrogen) atoms. The number of hydrogen-bond acceptors (Lipinski definition) is 2. The molecule has 0 unspecified atom stereocenters. The Morgan fingerprint density at radius 2 is 1.96 bits per heavy atom. The van der Waals surface area contributed by atoms with Crippen molar-refractivity contribution in [3.05, 3.63) is 24.3 Å². The number of alkyl halides is 1. The lowest BCUT2D eigenvalue weighted by Crippen LogP contribution is -2.53. The fraction of sp³-hybridized carbons (Fsp3) is 0.632. The van der Waals surface area contributed by atoms with Crippen LogP contribution in [0.2, 0.25) is 0 Å². The minimum Gasteiger partial charge on any atom is -0.495 e. The van der Waals surface area contributed by atoms with Gasteiger partial charge in [0.1, 0.15) is 5.75 Å². The molecule has 4 heteroatoms. The van der Waals surface area contributed by atoms with Gasteiger partial charge in [0, 0.05) is 10.7 Å². The highest BCUT2D eigenvalue weighted by Crippen LogP contribution is 2.65. The first-order valence-corrected chi connectivity index (χ1v) is 9.40. The zero-order valence-electron chi connectivity index (χ0n) is 13.6. The van der Waals surface area contributed by atoms with Gasteiger partial charge in [-0.1, -0.05) is 28.1 Å². The summed E-state index contributed by atoms with van der Waals surface area (Å²) in [6.45, 7) is 0. The smallest absolute Gasteiger partial charge is 0.225 e. The molecule has 4 bridgehead atoms. The van der Waals surface area contributed by atoms with Gasteiger partial charge in [-0.3, -0.25) is 4.79 Å². The quantitative estimate of drug-likeness (QED) is 0.768. The summed E-state index contributed by atoms with van der Waals surface area (Å²) in [7, 11) is 1.64. The van der Waals surface area contributed by atoms with Crippen LogP contribution in [-0.2, 0) is 4.79 Å². The number of halogens is 1. The number of para-hydroxylation sites is 2. The number of carbonyl (C=O) groups excluding carboxylic acids is 1. The van der Waals surface area contributed by atoms with Crippen LogP contribution >= 0.6 is 15.9 Å². The van der Waals surface area contributed by atoms with Gasteiger partial charge in [-0.2, -0.15) is 0 Å². The van der Waals surface area contributed by atoms with Crippen molar-refractivity contribution >= 4 is 27.5 Å². The topological polar surface area (TPSA) is 38.3 Å². The zero-order chi connectivity index (χ0) is 16.1. The molecule has 1 N–H and O–H groups in total. The molecule has 5 rings (SSSR count). The van der Waals surface area contributed by atoms with Crippen molar-refractivity contribution in [2.24, 2.45) is 17.3 Å². The molecule has 0 saturated heterocycles. The average molecular weight is 378 g/mol. The monoisotopic (exact) mass is 377 g/mol. The molecule has 2 atom stereocenters. The molecule has 4 saturated carbocycles. The molecule has 4 aliphatic rings. The maximum Gasteiger partial charge on any atom is 0.225 e. The van der Waals surface area contributed by atoms with Crippen molar-refractivity contribution in [3.8, 4) is 5.75 Å². The van der Waals surface area contributed by atoms with Crippen LogP contribution in [0.1, 0.15) is 44.9 Å². The molecule has 4 fully saturated rings. The van der Waals surface area contributed by atoms with Crippen molar-refractivity contribution in [1.29, 1.82) is 0 Å². The Bertz CT molecular complexity index is 616. The van der Waals surface area contributed by atoms with E-state index in [-0.39, 0.29) is 11.3 Å². The third-order valence-corrected chi connectivity index (χ3v) is 6.96. The van der Waals surface area contributed by atoms with Crippen LogP contribution in [0.4, 0.5) is 5.69 Å². The molecule has 124 valence electrons. The minimum absolute atomic E-state index is 0.132. The minimum atomic E-state index is 0.132. The first-order valence-electron chi connectivity index (χ1n) is 8.61. The fourth-order valence-corrected chi connectivity index (χ4v) is 7.34. The van der Waals surface area contributed by atoms with Crippen LogP contribution in [0.5, 0.6) is 5.75 Å². The van der Waals surface area contributed by atoms with Crippen LogP contribution in [0.25, 0.3) is 0 Å². The average Bonchev–Trinajstić information content (AvgIpc) is 2.44. The van der Waals surface area contributed by atoms with Crippen molar-refractivity contribution in [2.45, 2.75) is 49.3 Å². The summed E-state index contributed by atoms with van der Waals surface area (Å²) in [5, 5.41) is 3.07. The number of methoxy groups -OCH3 is 1. The Morgan fingerprint density at radius 1 is 1.26 bits per heavy atom. The fourth-order valence-electron chi connectivity index (χ4n) is 5.83. The highest BCUT2D eigenvalue weighted by atomic mass is 79.9. The normalized spacial score (nSPS) is 37.7. The van der Waals surface area contributed by atoms with Crippen LogP contribution < -0.4 is 10.1 Å². The van der Waals surface area contributed by atoms with Gasteiger partial charge in [-0.05, 0) is 67.9 Å². The number of anilines is 1. The number of benzene rings is 1. The molecular weight excluding hydrogens is 354 g/mol. The lowest BCUT2D eigenvalue weighted by Gasteiger charge is -2.60. The van der Waals surface area contributed by atoms with Crippen molar-refractivity contribution < 1.29 is 9.53 Å². The molecule has 3 nitrogen and oxygen atoms in total.